The predicted molar refractivity (Wildman–Crippen MR) is 106 cm³/mol. The van der Waals surface area contributed by atoms with Gasteiger partial charge in [0.2, 0.25) is 0 Å². The van der Waals surface area contributed by atoms with Crippen LogP contribution in [0.1, 0.15) is 16.7 Å². The molecule has 27 heavy (non-hydrogen) atoms. The number of pyridine rings is 2. The van der Waals surface area contributed by atoms with Crippen LogP contribution < -0.4 is 0 Å². The summed E-state index contributed by atoms with van der Waals surface area (Å²) < 4.78 is 2.14. The van der Waals surface area contributed by atoms with Crippen molar-refractivity contribution in [2.75, 3.05) is 0 Å². The summed E-state index contributed by atoms with van der Waals surface area (Å²) in [6.45, 7) is 6.46. The van der Waals surface area contributed by atoms with E-state index < -0.39 is 0 Å². The Morgan fingerprint density at radius 1 is 0.926 bits per heavy atom. The van der Waals surface area contributed by atoms with Crippen LogP contribution in [-0.2, 0) is 20.1 Å². The number of benzene rings is 2. The number of hydrogen-bond acceptors (Lipinski definition) is 2. The van der Waals surface area contributed by atoms with E-state index >= 15 is 0 Å². The van der Waals surface area contributed by atoms with E-state index in [1.807, 2.05) is 36.4 Å². The Labute approximate surface area is 171 Å². The summed E-state index contributed by atoms with van der Waals surface area (Å²) in [6.07, 6.45) is 2.06. The molecule has 0 spiro atoms. The number of hydrogen-bond donors (Lipinski definition) is 0. The second-order valence-corrected chi connectivity index (χ2v) is 6.90. The number of aryl methyl sites for hydroxylation is 3. The number of rotatable bonds is 1. The van der Waals surface area contributed by atoms with E-state index in [9.17, 15) is 0 Å². The number of nitrogens with zero attached hydrogens (tertiary/aromatic N) is 3. The summed E-state index contributed by atoms with van der Waals surface area (Å²) in [6, 6.07) is 19.8. The molecule has 3 heterocycles. The minimum atomic E-state index is 0. The average Bonchev–Trinajstić information content (AvgIpc) is 3.01. The van der Waals surface area contributed by atoms with Gasteiger partial charge in [-0.25, -0.2) is 0 Å². The Balaban J connectivity index is 0.00000180. The van der Waals surface area contributed by atoms with Crippen LogP contribution in [-0.4, -0.2) is 14.4 Å². The monoisotopic (exact) mass is 529 g/mol. The van der Waals surface area contributed by atoms with Crippen molar-refractivity contribution in [3.05, 3.63) is 77.5 Å². The predicted octanol–water partition coefficient (Wildman–Crippen LogP) is 5.43. The standard InChI is InChI=1S/C23H18N3.Ir/c1-14-12-15(2)20(16(3)13-14)22-23-21(17-8-4-5-9-18(17)24-22)25-19-10-6-7-11-26(19)23;/h4-7,9-13H,1-3H3;/q-1;. The van der Waals surface area contributed by atoms with E-state index in [1.165, 1.54) is 22.3 Å². The first-order chi connectivity index (χ1) is 12.6. The second kappa shape index (κ2) is 6.56. The van der Waals surface area contributed by atoms with E-state index in [0.29, 0.717) is 0 Å². The van der Waals surface area contributed by atoms with Crippen LogP contribution >= 0.6 is 0 Å². The Hall–Kier alpha value is -2.55. The van der Waals surface area contributed by atoms with Gasteiger partial charge in [-0.05, 0) is 49.5 Å². The molecule has 5 rings (SSSR count). The minimum Gasteiger partial charge on any atom is -0.307 e. The quantitative estimate of drug-likeness (QED) is 0.272. The molecule has 0 aliphatic rings. The fourth-order valence-corrected chi connectivity index (χ4v) is 4.01. The average molecular weight is 529 g/mol. The molecule has 0 atom stereocenters. The molecule has 3 aromatic heterocycles. The zero-order valence-corrected chi connectivity index (χ0v) is 17.8. The maximum absolute atomic E-state index is 5.06. The molecule has 0 saturated heterocycles. The molecule has 0 N–H and O–H groups in total. The van der Waals surface area contributed by atoms with Gasteiger partial charge in [-0.2, -0.15) is 0 Å². The van der Waals surface area contributed by atoms with Gasteiger partial charge in [0.1, 0.15) is 5.65 Å². The molecule has 0 unspecified atom stereocenters. The Morgan fingerprint density at radius 2 is 1.70 bits per heavy atom. The fourth-order valence-electron chi connectivity index (χ4n) is 4.01. The molecule has 1 radical (unpaired) electrons. The minimum absolute atomic E-state index is 0. The topological polar surface area (TPSA) is 30.2 Å². The maximum atomic E-state index is 5.06. The summed E-state index contributed by atoms with van der Waals surface area (Å²) >= 11 is 0. The van der Waals surface area contributed by atoms with Crippen molar-refractivity contribution in [3.63, 3.8) is 0 Å². The van der Waals surface area contributed by atoms with Crippen LogP contribution in [0.5, 0.6) is 0 Å². The molecular formula is C23H18IrN3-. The van der Waals surface area contributed by atoms with Gasteiger partial charge in [0, 0.05) is 37.4 Å². The van der Waals surface area contributed by atoms with Crippen LogP contribution in [0.15, 0.2) is 54.7 Å². The zero-order chi connectivity index (χ0) is 17.8. The molecule has 5 aromatic rings. The van der Waals surface area contributed by atoms with Crippen LogP contribution in [0.2, 0.25) is 0 Å². The fraction of sp³-hybridized carbons (Fsp3) is 0.130. The van der Waals surface area contributed by atoms with Gasteiger partial charge < -0.3 is 4.40 Å². The number of fused-ring (bicyclic) bond motifs is 5. The molecule has 0 aliphatic heterocycles. The van der Waals surface area contributed by atoms with E-state index in [4.69, 9.17) is 9.97 Å². The van der Waals surface area contributed by atoms with Gasteiger partial charge >= 0.3 is 0 Å². The van der Waals surface area contributed by atoms with Gasteiger partial charge in [0.15, 0.2) is 0 Å². The molecule has 4 heteroatoms. The van der Waals surface area contributed by atoms with Crippen LogP contribution in [0.4, 0.5) is 0 Å². The summed E-state index contributed by atoms with van der Waals surface area (Å²) in [5.41, 5.74) is 9.78. The smallest absolute Gasteiger partial charge is 0.127 e. The first-order valence-corrected chi connectivity index (χ1v) is 8.79. The molecule has 0 fully saturated rings. The SMILES string of the molecule is Cc1cc(C)c(-c2nc3ccc[c-]c3c3nc4ccccn4c23)c(C)c1.[Ir]. The van der Waals surface area contributed by atoms with Crippen LogP contribution in [0.3, 0.4) is 0 Å². The van der Waals surface area contributed by atoms with E-state index in [1.54, 1.807) is 0 Å². The van der Waals surface area contributed by atoms with Crippen molar-refractivity contribution in [1.29, 1.82) is 0 Å². The Kier molecular flexibility index (Phi) is 4.33. The molecule has 0 aliphatic carbocycles. The first-order valence-electron chi connectivity index (χ1n) is 8.79. The van der Waals surface area contributed by atoms with Crippen molar-refractivity contribution in [3.8, 4) is 11.3 Å². The van der Waals surface area contributed by atoms with Crippen molar-refractivity contribution in [1.82, 2.24) is 14.4 Å². The third-order valence-corrected chi connectivity index (χ3v) is 4.97. The summed E-state index contributed by atoms with van der Waals surface area (Å²) in [5.74, 6) is 0. The van der Waals surface area contributed by atoms with E-state index in [-0.39, 0.29) is 20.1 Å². The van der Waals surface area contributed by atoms with Gasteiger partial charge in [-0.15, -0.1) is 24.3 Å². The van der Waals surface area contributed by atoms with E-state index in [2.05, 4.69) is 49.6 Å². The van der Waals surface area contributed by atoms with Gasteiger partial charge in [-0.1, -0.05) is 29.1 Å². The molecule has 0 bridgehead atoms. The Morgan fingerprint density at radius 3 is 2.48 bits per heavy atom. The zero-order valence-electron chi connectivity index (χ0n) is 15.4. The molecule has 0 saturated carbocycles. The normalized spacial score (nSPS) is 11.2. The number of aromatic nitrogens is 3. The number of imidazole rings is 1. The maximum Gasteiger partial charge on any atom is 0.127 e. The van der Waals surface area contributed by atoms with Crippen molar-refractivity contribution in [2.45, 2.75) is 20.8 Å². The van der Waals surface area contributed by atoms with Crippen molar-refractivity contribution >= 4 is 27.6 Å². The largest absolute Gasteiger partial charge is 0.307 e. The molecular weight excluding hydrogens is 510 g/mol. The van der Waals surface area contributed by atoms with E-state index in [0.717, 1.165) is 33.3 Å². The molecule has 3 nitrogen and oxygen atoms in total. The first kappa shape index (κ1) is 17.8. The second-order valence-electron chi connectivity index (χ2n) is 6.90. The third-order valence-electron chi connectivity index (χ3n) is 4.97. The molecule has 0 amide bonds. The van der Waals surface area contributed by atoms with Crippen LogP contribution in [0, 0.1) is 26.8 Å². The van der Waals surface area contributed by atoms with Gasteiger partial charge in [0.05, 0.1) is 11.2 Å². The van der Waals surface area contributed by atoms with Gasteiger partial charge in [0.25, 0.3) is 0 Å². The summed E-state index contributed by atoms with van der Waals surface area (Å²) in [4.78, 5) is 9.95. The van der Waals surface area contributed by atoms with Crippen molar-refractivity contribution < 1.29 is 20.1 Å². The van der Waals surface area contributed by atoms with Crippen LogP contribution in [0.25, 0.3) is 38.8 Å². The molecule has 135 valence electrons. The van der Waals surface area contributed by atoms with Gasteiger partial charge in [-0.3, -0.25) is 9.97 Å². The summed E-state index contributed by atoms with van der Waals surface area (Å²) in [5, 5.41) is 0.970. The van der Waals surface area contributed by atoms with Crippen molar-refractivity contribution in [2.24, 2.45) is 0 Å². The Bertz CT molecular complexity index is 1290. The third kappa shape index (κ3) is 2.68. The molecule has 2 aromatic carbocycles. The summed E-state index contributed by atoms with van der Waals surface area (Å²) in [7, 11) is 0.